The summed E-state index contributed by atoms with van der Waals surface area (Å²) in [4.78, 5) is 47.7. The molecule has 33 heavy (non-hydrogen) atoms. The Labute approximate surface area is 190 Å². The lowest BCUT2D eigenvalue weighted by Crippen LogP contribution is -2.12. The summed E-state index contributed by atoms with van der Waals surface area (Å²) in [6, 6.07) is 9.51. The van der Waals surface area contributed by atoms with Crippen LogP contribution in [0.1, 0.15) is 60.7 Å². The standard InChI is InChI=1S/C25H26N2O6/c1-13(2)21-11-22-18(9-24(30)33-23(22)6-14(21)3)12-32-25(31)17-7-19(26-15(4)28)10-20(8-17)27-16(5)29/h6-11,13H,12H2,1-5H3,(H,26,28)(H,27,29). The van der Waals surface area contributed by atoms with E-state index in [1.54, 1.807) is 0 Å². The smallest absolute Gasteiger partial charge is 0.338 e. The van der Waals surface area contributed by atoms with Gasteiger partial charge in [-0.25, -0.2) is 9.59 Å². The minimum absolute atomic E-state index is 0.135. The maximum absolute atomic E-state index is 12.8. The van der Waals surface area contributed by atoms with E-state index in [-0.39, 0.29) is 29.9 Å². The number of carbonyl (C=O) groups is 3. The molecule has 2 amide bonds. The van der Waals surface area contributed by atoms with Gasteiger partial charge in [0.2, 0.25) is 11.8 Å². The molecule has 0 aliphatic rings. The maximum atomic E-state index is 12.8. The highest BCUT2D eigenvalue weighted by Crippen LogP contribution is 2.27. The van der Waals surface area contributed by atoms with Gasteiger partial charge in [-0.15, -0.1) is 0 Å². The van der Waals surface area contributed by atoms with Crippen LogP contribution in [-0.2, 0) is 20.9 Å². The number of anilines is 2. The van der Waals surface area contributed by atoms with E-state index in [1.165, 1.54) is 38.1 Å². The zero-order chi connectivity index (χ0) is 24.3. The Balaban J connectivity index is 1.93. The third-order valence-electron chi connectivity index (χ3n) is 5.01. The van der Waals surface area contributed by atoms with Crippen molar-refractivity contribution < 1.29 is 23.5 Å². The van der Waals surface area contributed by atoms with Gasteiger partial charge < -0.3 is 19.8 Å². The van der Waals surface area contributed by atoms with E-state index in [9.17, 15) is 19.2 Å². The van der Waals surface area contributed by atoms with E-state index in [4.69, 9.17) is 9.15 Å². The molecule has 0 atom stereocenters. The second-order valence-corrected chi connectivity index (χ2v) is 8.19. The van der Waals surface area contributed by atoms with Crippen LogP contribution in [0.2, 0.25) is 0 Å². The molecule has 0 aliphatic carbocycles. The van der Waals surface area contributed by atoms with Gasteiger partial charge >= 0.3 is 11.6 Å². The minimum Gasteiger partial charge on any atom is -0.457 e. The fourth-order valence-corrected chi connectivity index (χ4v) is 3.66. The van der Waals surface area contributed by atoms with E-state index in [0.717, 1.165) is 11.1 Å². The molecule has 0 spiro atoms. The van der Waals surface area contributed by atoms with Gasteiger partial charge in [-0.1, -0.05) is 13.8 Å². The Kier molecular flexibility index (Phi) is 6.96. The molecule has 1 heterocycles. The third kappa shape index (κ3) is 5.85. The molecule has 8 heteroatoms. The van der Waals surface area contributed by atoms with E-state index < -0.39 is 11.6 Å². The summed E-state index contributed by atoms with van der Waals surface area (Å²) in [5, 5.41) is 5.88. The molecule has 2 N–H and O–H groups in total. The van der Waals surface area contributed by atoms with Crippen molar-refractivity contribution in [3.8, 4) is 0 Å². The molecule has 2 aromatic carbocycles. The lowest BCUT2D eigenvalue weighted by atomic mass is 9.95. The van der Waals surface area contributed by atoms with Crippen molar-refractivity contribution in [2.24, 2.45) is 0 Å². The summed E-state index contributed by atoms with van der Waals surface area (Å²) in [6.45, 7) is 8.62. The zero-order valence-electron chi connectivity index (χ0n) is 19.2. The van der Waals surface area contributed by atoms with E-state index in [1.807, 2.05) is 19.1 Å². The fourth-order valence-electron chi connectivity index (χ4n) is 3.66. The number of benzene rings is 2. The summed E-state index contributed by atoms with van der Waals surface area (Å²) in [5.41, 5.74) is 3.34. The third-order valence-corrected chi connectivity index (χ3v) is 5.01. The molecule has 3 rings (SSSR count). The Morgan fingerprint density at radius 1 is 0.939 bits per heavy atom. The van der Waals surface area contributed by atoms with Crippen LogP contribution in [0.15, 0.2) is 45.6 Å². The van der Waals surface area contributed by atoms with Gasteiger partial charge in [-0.05, 0) is 54.3 Å². The molecule has 0 unspecified atom stereocenters. The van der Waals surface area contributed by atoms with Crippen molar-refractivity contribution in [3.63, 3.8) is 0 Å². The van der Waals surface area contributed by atoms with Crippen LogP contribution in [-0.4, -0.2) is 17.8 Å². The molecule has 0 saturated carbocycles. The van der Waals surface area contributed by atoms with Crippen molar-refractivity contribution in [2.45, 2.75) is 47.1 Å². The van der Waals surface area contributed by atoms with Gasteiger partial charge in [-0.2, -0.15) is 0 Å². The highest BCUT2D eigenvalue weighted by atomic mass is 16.5. The second-order valence-electron chi connectivity index (χ2n) is 8.19. The summed E-state index contributed by atoms with van der Waals surface area (Å²) in [7, 11) is 0. The van der Waals surface area contributed by atoms with Crippen molar-refractivity contribution in [2.75, 3.05) is 10.6 Å². The summed E-state index contributed by atoms with van der Waals surface area (Å²) < 4.78 is 10.8. The van der Waals surface area contributed by atoms with Crippen molar-refractivity contribution in [1.82, 2.24) is 0 Å². The lowest BCUT2D eigenvalue weighted by molar-refractivity contribution is -0.115. The highest BCUT2D eigenvalue weighted by Gasteiger charge is 2.15. The van der Waals surface area contributed by atoms with Gasteiger partial charge in [-0.3, -0.25) is 9.59 Å². The Bertz CT molecular complexity index is 1270. The van der Waals surface area contributed by atoms with Crippen LogP contribution in [0.4, 0.5) is 11.4 Å². The number of hydrogen-bond donors (Lipinski definition) is 2. The largest absolute Gasteiger partial charge is 0.457 e. The quantitative estimate of drug-likeness (QED) is 0.422. The second kappa shape index (κ2) is 9.68. The highest BCUT2D eigenvalue weighted by molar-refractivity contribution is 5.97. The first kappa shape index (κ1) is 23.7. The number of nitrogens with one attached hydrogen (secondary N) is 2. The average molecular weight is 450 g/mol. The fraction of sp³-hybridized carbons (Fsp3) is 0.280. The van der Waals surface area contributed by atoms with Crippen molar-refractivity contribution in [1.29, 1.82) is 0 Å². The van der Waals surface area contributed by atoms with E-state index in [2.05, 4.69) is 24.5 Å². The first-order valence-electron chi connectivity index (χ1n) is 10.5. The number of amides is 2. The molecular formula is C25H26N2O6. The predicted molar refractivity (Wildman–Crippen MR) is 125 cm³/mol. The summed E-state index contributed by atoms with van der Waals surface area (Å²) in [6.07, 6.45) is 0. The molecule has 8 nitrogen and oxygen atoms in total. The van der Waals surface area contributed by atoms with Crippen LogP contribution in [0, 0.1) is 6.92 Å². The Morgan fingerprint density at radius 3 is 2.09 bits per heavy atom. The molecule has 3 aromatic rings. The van der Waals surface area contributed by atoms with E-state index >= 15 is 0 Å². The Morgan fingerprint density at radius 2 is 1.55 bits per heavy atom. The molecule has 0 saturated heterocycles. The average Bonchev–Trinajstić information content (AvgIpc) is 2.69. The molecule has 0 bridgehead atoms. The van der Waals surface area contributed by atoms with Crippen molar-refractivity contribution >= 4 is 40.1 Å². The monoisotopic (exact) mass is 450 g/mol. The first-order chi connectivity index (χ1) is 15.5. The zero-order valence-corrected chi connectivity index (χ0v) is 19.2. The number of aryl methyl sites for hydroxylation is 1. The van der Waals surface area contributed by atoms with Gasteiger partial charge in [0.15, 0.2) is 0 Å². The van der Waals surface area contributed by atoms with Crippen molar-refractivity contribution in [3.05, 3.63) is 69.1 Å². The lowest BCUT2D eigenvalue weighted by Gasteiger charge is -2.14. The van der Waals surface area contributed by atoms with Gasteiger partial charge in [0, 0.05) is 42.2 Å². The normalized spacial score (nSPS) is 10.8. The van der Waals surface area contributed by atoms with Crippen LogP contribution >= 0.6 is 0 Å². The van der Waals surface area contributed by atoms with Crippen LogP contribution < -0.4 is 16.3 Å². The number of ether oxygens (including phenoxy) is 1. The van der Waals surface area contributed by atoms with Gasteiger partial charge in [0.1, 0.15) is 12.2 Å². The predicted octanol–water partition coefficient (Wildman–Crippen LogP) is 4.50. The SMILES string of the molecule is CC(=O)Nc1cc(NC(C)=O)cc(C(=O)OCc2cc(=O)oc3cc(C)c(C(C)C)cc23)c1. The van der Waals surface area contributed by atoms with Crippen LogP contribution in [0.3, 0.4) is 0 Å². The van der Waals surface area contributed by atoms with Crippen LogP contribution in [0.5, 0.6) is 0 Å². The number of hydrogen-bond acceptors (Lipinski definition) is 6. The molecule has 0 fully saturated rings. The molecular weight excluding hydrogens is 424 g/mol. The number of esters is 1. The van der Waals surface area contributed by atoms with Gasteiger partial charge in [0.25, 0.3) is 0 Å². The first-order valence-corrected chi connectivity index (χ1v) is 10.5. The summed E-state index contributed by atoms with van der Waals surface area (Å²) in [5.74, 6) is -1.06. The number of carbonyl (C=O) groups excluding carboxylic acids is 3. The van der Waals surface area contributed by atoms with Gasteiger partial charge in [0.05, 0.1) is 5.56 Å². The number of rotatable bonds is 6. The molecule has 172 valence electrons. The molecule has 1 aromatic heterocycles. The molecule has 0 aliphatic heterocycles. The minimum atomic E-state index is -0.675. The Hall–Kier alpha value is -3.94. The number of fused-ring (bicyclic) bond motifs is 1. The van der Waals surface area contributed by atoms with Crippen LogP contribution in [0.25, 0.3) is 11.0 Å². The maximum Gasteiger partial charge on any atom is 0.338 e. The summed E-state index contributed by atoms with van der Waals surface area (Å²) >= 11 is 0. The van der Waals surface area contributed by atoms with E-state index in [0.29, 0.717) is 27.9 Å². The molecule has 0 radical (unpaired) electrons. The topological polar surface area (TPSA) is 115 Å².